The second-order valence-electron chi connectivity index (χ2n) is 6.62. The molecule has 2 fully saturated rings. The van der Waals surface area contributed by atoms with Gasteiger partial charge >= 0.3 is 0 Å². The minimum Gasteiger partial charge on any atom is -0.0705 e. The van der Waals surface area contributed by atoms with Crippen LogP contribution in [0.25, 0.3) is 0 Å². The van der Waals surface area contributed by atoms with Crippen LogP contribution in [0.4, 0.5) is 0 Å². The lowest BCUT2D eigenvalue weighted by atomic mass is 9.70. The van der Waals surface area contributed by atoms with Gasteiger partial charge in [0, 0.05) is 3.58 Å². The zero-order valence-corrected chi connectivity index (χ0v) is 17.3. The first-order valence-electron chi connectivity index (χ1n) is 6.77. The van der Waals surface area contributed by atoms with Gasteiger partial charge in [-0.25, -0.2) is 0 Å². The molecule has 0 saturated heterocycles. The third-order valence-electron chi connectivity index (χ3n) is 5.33. The largest absolute Gasteiger partial charge is 0.0738 e. The van der Waals surface area contributed by atoms with Gasteiger partial charge in [0.15, 0.2) is 0 Å². The van der Waals surface area contributed by atoms with Crippen molar-refractivity contribution in [1.29, 1.82) is 0 Å². The van der Waals surface area contributed by atoms with E-state index in [0.717, 1.165) is 17.8 Å². The molecule has 0 nitrogen and oxygen atoms in total. The van der Waals surface area contributed by atoms with Crippen molar-refractivity contribution in [3.63, 3.8) is 0 Å². The molecule has 100 valence electrons. The summed E-state index contributed by atoms with van der Waals surface area (Å²) < 4.78 is 1.96. The van der Waals surface area contributed by atoms with Crippen LogP contribution in [-0.2, 0) is 0 Å². The molecular formula is C15H19I3. The summed E-state index contributed by atoms with van der Waals surface area (Å²) >= 11 is 7.88. The highest BCUT2D eigenvalue weighted by Gasteiger charge is 2.55. The van der Waals surface area contributed by atoms with Crippen molar-refractivity contribution in [3.8, 4) is 0 Å². The molecular weight excluding hydrogens is 561 g/mol. The van der Waals surface area contributed by atoms with Crippen molar-refractivity contribution < 1.29 is 0 Å². The second kappa shape index (κ2) is 4.85. The van der Waals surface area contributed by atoms with Gasteiger partial charge in [0.2, 0.25) is 0 Å². The molecule has 0 spiro atoms. The van der Waals surface area contributed by atoms with Crippen LogP contribution in [0.3, 0.4) is 0 Å². The first kappa shape index (κ1) is 14.6. The minimum atomic E-state index is 0.419. The Labute approximate surface area is 151 Å². The van der Waals surface area contributed by atoms with Crippen molar-refractivity contribution >= 4 is 67.8 Å². The molecule has 0 N–H and O–H groups in total. The smallest absolute Gasteiger partial charge is 0.0705 e. The zero-order valence-electron chi connectivity index (χ0n) is 10.8. The quantitative estimate of drug-likeness (QED) is 0.234. The van der Waals surface area contributed by atoms with Gasteiger partial charge in [-0.3, -0.25) is 0 Å². The molecule has 2 unspecified atom stereocenters. The molecule has 0 bridgehead atoms. The van der Waals surface area contributed by atoms with E-state index in [9.17, 15) is 0 Å². The van der Waals surface area contributed by atoms with Crippen molar-refractivity contribution in [2.45, 2.75) is 41.0 Å². The van der Waals surface area contributed by atoms with Crippen molar-refractivity contribution in [2.24, 2.45) is 23.2 Å². The summed E-state index contributed by atoms with van der Waals surface area (Å²) in [6, 6.07) is 0. The SMILES string of the molecule is CC1(C)C2=CC(I)=CC[C@@H]2C2CCC(I)(I)CC21. The molecule has 18 heavy (non-hydrogen) atoms. The van der Waals surface area contributed by atoms with Gasteiger partial charge in [0.25, 0.3) is 0 Å². The number of hydrogen-bond acceptors (Lipinski definition) is 0. The molecule has 3 rings (SSSR count). The van der Waals surface area contributed by atoms with Crippen LogP contribution in [0.15, 0.2) is 21.3 Å². The Balaban J connectivity index is 1.99. The monoisotopic (exact) mass is 580 g/mol. The Bertz CT molecular complexity index is 431. The lowest BCUT2D eigenvalue weighted by molar-refractivity contribution is 0.166. The van der Waals surface area contributed by atoms with E-state index >= 15 is 0 Å². The first-order valence-corrected chi connectivity index (χ1v) is 10.0. The van der Waals surface area contributed by atoms with E-state index in [4.69, 9.17) is 0 Å². The molecule has 3 atom stereocenters. The number of allylic oxidation sites excluding steroid dienone is 4. The maximum Gasteiger partial charge on any atom is 0.0738 e. The minimum absolute atomic E-state index is 0.419. The summed E-state index contributed by atoms with van der Waals surface area (Å²) in [4.78, 5) is 0. The lowest BCUT2D eigenvalue weighted by Gasteiger charge is -2.40. The fourth-order valence-corrected chi connectivity index (χ4v) is 6.55. The van der Waals surface area contributed by atoms with Crippen LogP contribution in [0.2, 0.25) is 0 Å². The van der Waals surface area contributed by atoms with E-state index in [-0.39, 0.29) is 0 Å². The molecule has 2 saturated carbocycles. The van der Waals surface area contributed by atoms with Crippen LogP contribution in [0, 0.1) is 23.2 Å². The molecule has 0 radical (unpaired) electrons. The fourth-order valence-electron chi connectivity index (χ4n) is 4.39. The predicted octanol–water partition coefficient (Wildman–Crippen LogP) is 6.27. The molecule has 3 aliphatic rings. The van der Waals surface area contributed by atoms with Gasteiger partial charge in [0.1, 0.15) is 0 Å². The molecule has 0 aromatic heterocycles. The third kappa shape index (κ3) is 2.35. The molecule has 0 aliphatic heterocycles. The maximum atomic E-state index is 2.69. The summed E-state index contributed by atoms with van der Waals surface area (Å²) in [6.07, 6.45) is 10.5. The van der Waals surface area contributed by atoms with Crippen LogP contribution >= 0.6 is 67.8 Å². The third-order valence-corrected chi connectivity index (χ3v) is 8.04. The van der Waals surface area contributed by atoms with Crippen LogP contribution in [0.5, 0.6) is 0 Å². The summed E-state index contributed by atoms with van der Waals surface area (Å²) in [5.74, 6) is 2.70. The van der Waals surface area contributed by atoms with Gasteiger partial charge in [-0.05, 0) is 77.5 Å². The van der Waals surface area contributed by atoms with Gasteiger partial charge < -0.3 is 0 Å². The first-order chi connectivity index (χ1) is 8.31. The van der Waals surface area contributed by atoms with Gasteiger partial charge in [-0.15, -0.1) is 0 Å². The second-order valence-corrected chi connectivity index (χ2v) is 14.1. The Morgan fingerprint density at radius 1 is 1.28 bits per heavy atom. The van der Waals surface area contributed by atoms with E-state index in [1.165, 1.54) is 29.3 Å². The zero-order chi connectivity index (χ0) is 13.1. The van der Waals surface area contributed by atoms with Crippen LogP contribution in [0.1, 0.15) is 39.5 Å². The highest BCUT2D eigenvalue weighted by atomic mass is 127. The van der Waals surface area contributed by atoms with Crippen molar-refractivity contribution in [2.75, 3.05) is 0 Å². The lowest BCUT2D eigenvalue weighted by Crippen LogP contribution is -2.34. The average molecular weight is 580 g/mol. The van der Waals surface area contributed by atoms with E-state index in [1.54, 1.807) is 5.57 Å². The van der Waals surface area contributed by atoms with E-state index < -0.39 is 0 Å². The van der Waals surface area contributed by atoms with Gasteiger partial charge in [0.05, 0.1) is 1.43 Å². The molecule has 0 heterocycles. The Kier molecular flexibility index (Phi) is 3.93. The number of hydrogen-bond donors (Lipinski definition) is 0. The van der Waals surface area contributed by atoms with Crippen LogP contribution < -0.4 is 0 Å². The standard InChI is InChI=1S/C15H19I3/c1-14(2)12-7-9(16)3-4-10(12)11-5-6-15(17,18)8-13(11)14/h3,7,10-11,13H,4-6,8H2,1-2H3/t10-,11?,13?/m1/s1. The van der Waals surface area contributed by atoms with Gasteiger partial charge in [-0.1, -0.05) is 70.7 Å². The van der Waals surface area contributed by atoms with Crippen molar-refractivity contribution in [3.05, 3.63) is 21.3 Å². The summed E-state index contributed by atoms with van der Waals surface area (Å²) in [7, 11) is 0. The maximum absolute atomic E-state index is 2.69. The molecule has 0 aromatic rings. The Morgan fingerprint density at radius 2 is 2.00 bits per heavy atom. The molecule has 0 amide bonds. The van der Waals surface area contributed by atoms with E-state index in [0.29, 0.717) is 6.84 Å². The summed E-state index contributed by atoms with van der Waals surface area (Å²) in [5.41, 5.74) is 2.18. The molecule has 0 aromatic carbocycles. The number of halogens is 3. The normalized spacial score (nSPS) is 40.6. The molecule has 3 heteroatoms. The molecule has 3 aliphatic carbocycles. The number of rotatable bonds is 0. The highest BCUT2D eigenvalue weighted by Crippen LogP contribution is 2.64. The summed E-state index contributed by atoms with van der Waals surface area (Å²) in [6.45, 7) is 5.00. The Morgan fingerprint density at radius 3 is 2.72 bits per heavy atom. The topological polar surface area (TPSA) is 0 Å². The number of fused-ring (bicyclic) bond motifs is 3. The average Bonchev–Trinajstić information content (AvgIpc) is 2.47. The Hall–Kier alpha value is 1.67. The summed E-state index contributed by atoms with van der Waals surface area (Å²) in [5, 5.41) is 0. The fraction of sp³-hybridized carbons (Fsp3) is 0.733. The van der Waals surface area contributed by atoms with Crippen LogP contribution in [-0.4, -0.2) is 1.43 Å². The van der Waals surface area contributed by atoms with Gasteiger partial charge in [-0.2, -0.15) is 0 Å². The highest BCUT2D eigenvalue weighted by molar-refractivity contribution is 14.2. The predicted molar refractivity (Wildman–Crippen MR) is 104 cm³/mol. The van der Waals surface area contributed by atoms with E-state index in [1.807, 2.05) is 0 Å². The number of alkyl halides is 2. The van der Waals surface area contributed by atoms with E-state index in [2.05, 4.69) is 93.8 Å². The van der Waals surface area contributed by atoms with Crippen molar-refractivity contribution in [1.82, 2.24) is 0 Å².